The topological polar surface area (TPSA) is 41.6 Å². The van der Waals surface area contributed by atoms with E-state index < -0.39 is 0 Å². The molecule has 0 aliphatic carbocycles. The molecule has 18 heavy (non-hydrogen) atoms. The number of nitrogens with zero attached hydrogens (tertiary/aromatic N) is 2. The SMILES string of the molecule is CC(C)(C)CCCCCCCCCc1cn[nH]n1. The number of unbranched alkanes of at least 4 members (excludes halogenated alkanes) is 6. The van der Waals surface area contributed by atoms with Gasteiger partial charge in [0.1, 0.15) is 0 Å². The van der Waals surface area contributed by atoms with Crippen LogP contribution in [0.25, 0.3) is 0 Å². The summed E-state index contributed by atoms with van der Waals surface area (Å²) in [4.78, 5) is 0. The first kappa shape index (κ1) is 15.2. The molecule has 0 fully saturated rings. The number of aromatic amines is 1. The molecule has 0 atom stereocenters. The van der Waals surface area contributed by atoms with Crippen LogP contribution in [0.2, 0.25) is 0 Å². The molecule has 0 saturated carbocycles. The maximum absolute atomic E-state index is 4.06. The van der Waals surface area contributed by atoms with E-state index in [-0.39, 0.29) is 0 Å². The molecule has 0 spiro atoms. The summed E-state index contributed by atoms with van der Waals surface area (Å²) in [6.45, 7) is 6.99. The lowest BCUT2D eigenvalue weighted by molar-refractivity contribution is 0.356. The van der Waals surface area contributed by atoms with Crippen LogP contribution in [0.3, 0.4) is 0 Å². The molecule has 0 aromatic carbocycles. The van der Waals surface area contributed by atoms with Crippen LogP contribution in [0.5, 0.6) is 0 Å². The maximum atomic E-state index is 4.06. The highest BCUT2D eigenvalue weighted by Crippen LogP contribution is 2.22. The molecule has 3 heteroatoms. The number of aryl methyl sites for hydroxylation is 1. The fourth-order valence-electron chi connectivity index (χ4n) is 2.19. The maximum Gasteiger partial charge on any atom is 0.0824 e. The molecule has 0 aliphatic rings. The lowest BCUT2D eigenvalue weighted by atomic mass is 9.89. The van der Waals surface area contributed by atoms with E-state index in [1.54, 1.807) is 0 Å². The molecule has 1 aromatic heterocycles. The van der Waals surface area contributed by atoms with Crippen LogP contribution in [0.15, 0.2) is 6.20 Å². The Hall–Kier alpha value is -0.860. The largest absolute Gasteiger partial charge is 0.198 e. The van der Waals surface area contributed by atoms with E-state index in [1.165, 1.54) is 51.4 Å². The van der Waals surface area contributed by atoms with Crippen molar-refractivity contribution < 1.29 is 0 Å². The van der Waals surface area contributed by atoms with Crippen LogP contribution in [0.4, 0.5) is 0 Å². The smallest absolute Gasteiger partial charge is 0.0824 e. The number of H-pyrrole nitrogens is 1. The van der Waals surface area contributed by atoms with Gasteiger partial charge < -0.3 is 0 Å². The molecule has 3 nitrogen and oxygen atoms in total. The molecule has 0 aliphatic heterocycles. The van der Waals surface area contributed by atoms with Crippen LogP contribution in [0.1, 0.15) is 77.8 Å². The van der Waals surface area contributed by atoms with E-state index >= 15 is 0 Å². The normalized spacial score (nSPS) is 11.9. The summed E-state index contributed by atoms with van der Waals surface area (Å²) in [5.74, 6) is 0. The van der Waals surface area contributed by atoms with Gasteiger partial charge in [0.15, 0.2) is 0 Å². The number of aromatic nitrogens is 3. The summed E-state index contributed by atoms with van der Waals surface area (Å²) in [5, 5.41) is 10.5. The van der Waals surface area contributed by atoms with Gasteiger partial charge in [-0.05, 0) is 24.7 Å². The van der Waals surface area contributed by atoms with Crippen LogP contribution in [-0.4, -0.2) is 15.4 Å². The molecule has 0 amide bonds. The molecule has 1 N–H and O–H groups in total. The second-order valence-electron chi connectivity index (χ2n) is 6.50. The van der Waals surface area contributed by atoms with Gasteiger partial charge in [-0.2, -0.15) is 15.4 Å². The summed E-state index contributed by atoms with van der Waals surface area (Å²) in [6.07, 6.45) is 13.8. The first-order valence-electron chi connectivity index (χ1n) is 7.42. The van der Waals surface area contributed by atoms with Gasteiger partial charge >= 0.3 is 0 Å². The fraction of sp³-hybridized carbons (Fsp3) is 0.867. The molecule has 104 valence electrons. The van der Waals surface area contributed by atoms with Gasteiger partial charge in [0.25, 0.3) is 0 Å². The Kier molecular flexibility index (Phi) is 6.99. The van der Waals surface area contributed by atoms with E-state index in [0.717, 1.165) is 12.1 Å². The Labute approximate surface area is 112 Å². The van der Waals surface area contributed by atoms with E-state index in [2.05, 4.69) is 36.2 Å². The summed E-state index contributed by atoms with van der Waals surface area (Å²) < 4.78 is 0. The van der Waals surface area contributed by atoms with Gasteiger partial charge in [0.05, 0.1) is 11.9 Å². The van der Waals surface area contributed by atoms with Crippen molar-refractivity contribution in [2.75, 3.05) is 0 Å². The van der Waals surface area contributed by atoms with Crippen molar-refractivity contribution in [2.24, 2.45) is 5.41 Å². The fourth-order valence-corrected chi connectivity index (χ4v) is 2.19. The van der Waals surface area contributed by atoms with Crippen LogP contribution in [0, 0.1) is 5.41 Å². The lowest BCUT2D eigenvalue weighted by Gasteiger charge is -2.17. The molecular formula is C15H29N3. The van der Waals surface area contributed by atoms with E-state index in [0.29, 0.717) is 5.41 Å². The van der Waals surface area contributed by atoms with Gasteiger partial charge in [-0.1, -0.05) is 59.3 Å². The third-order valence-electron chi connectivity index (χ3n) is 3.32. The molecule has 1 aromatic rings. The van der Waals surface area contributed by atoms with E-state index in [9.17, 15) is 0 Å². The average molecular weight is 251 g/mol. The quantitative estimate of drug-likeness (QED) is 0.656. The van der Waals surface area contributed by atoms with Gasteiger partial charge in [0.2, 0.25) is 0 Å². The van der Waals surface area contributed by atoms with Gasteiger partial charge in [-0.15, -0.1) is 0 Å². The second-order valence-corrected chi connectivity index (χ2v) is 6.50. The van der Waals surface area contributed by atoms with Gasteiger partial charge in [-0.3, -0.25) is 0 Å². The van der Waals surface area contributed by atoms with Crippen molar-refractivity contribution in [3.05, 3.63) is 11.9 Å². The predicted molar refractivity (Wildman–Crippen MR) is 76.5 cm³/mol. The zero-order valence-corrected chi connectivity index (χ0v) is 12.3. The highest BCUT2D eigenvalue weighted by Gasteiger charge is 2.08. The van der Waals surface area contributed by atoms with Crippen LogP contribution in [-0.2, 0) is 6.42 Å². The predicted octanol–water partition coefficient (Wildman–Crippen LogP) is 4.51. The van der Waals surface area contributed by atoms with E-state index in [4.69, 9.17) is 0 Å². The van der Waals surface area contributed by atoms with Crippen molar-refractivity contribution in [3.63, 3.8) is 0 Å². The standard InChI is InChI=1S/C15H29N3/c1-15(2,3)12-10-8-6-4-5-7-9-11-14-13-16-18-17-14/h13H,4-12H2,1-3H3,(H,16,17,18). The third kappa shape index (κ3) is 8.26. The molecule has 0 saturated heterocycles. The summed E-state index contributed by atoms with van der Waals surface area (Å²) >= 11 is 0. The number of hydrogen-bond acceptors (Lipinski definition) is 2. The highest BCUT2D eigenvalue weighted by atomic mass is 15.3. The van der Waals surface area contributed by atoms with Crippen LogP contribution < -0.4 is 0 Å². The molecule has 0 radical (unpaired) electrons. The zero-order valence-electron chi connectivity index (χ0n) is 12.3. The van der Waals surface area contributed by atoms with Crippen molar-refractivity contribution in [1.82, 2.24) is 15.4 Å². The molecule has 1 heterocycles. The lowest BCUT2D eigenvalue weighted by Crippen LogP contribution is -2.03. The summed E-state index contributed by atoms with van der Waals surface area (Å²) in [5.41, 5.74) is 1.61. The second kappa shape index (κ2) is 8.28. The number of rotatable bonds is 9. The monoisotopic (exact) mass is 251 g/mol. The first-order valence-corrected chi connectivity index (χ1v) is 7.42. The van der Waals surface area contributed by atoms with Gasteiger partial charge in [-0.25, -0.2) is 0 Å². The van der Waals surface area contributed by atoms with Crippen LogP contribution >= 0.6 is 0 Å². The number of nitrogens with one attached hydrogen (secondary N) is 1. The van der Waals surface area contributed by atoms with Crippen molar-refractivity contribution in [1.29, 1.82) is 0 Å². The minimum atomic E-state index is 0.512. The summed E-state index contributed by atoms with van der Waals surface area (Å²) in [6, 6.07) is 0. The summed E-state index contributed by atoms with van der Waals surface area (Å²) in [7, 11) is 0. The Morgan fingerprint density at radius 1 is 0.944 bits per heavy atom. The van der Waals surface area contributed by atoms with E-state index in [1.807, 2.05) is 6.20 Å². The molecule has 0 unspecified atom stereocenters. The Balaban J connectivity index is 1.82. The Bertz CT molecular complexity index is 285. The molecule has 1 rings (SSSR count). The van der Waals surface area contributed by atoms with Crippen molar-refractivity contribution in [3.8, 4) is 0 Å². The highest BCUT2D eigenvalue weighted by molar-refractivity contribution is 4.89. The first-order chi connectivity index (χ1) is 8.58. The van der Waals surface area contributed by atoms with Gasteiger partial charge in [0, 0.05) is 0 Å². The number of hydrogen-bond donors (Lipinski definition) is 1. The minimum Gasteiger partial charge on any atom is -0.198 e. The average Bonchev–Trinajstić information content (AvgIpc) is 2.78. The minimum absolute atomic E-state index is 0.512. The van der Waals surface area contributed by atoms with Crippen molar-refractivity contribution in [2.45, 2.75) is 78.6 Å². The zero-order chi connectivity index (χ0) is 13.3. The van der Waals surface area contributed by atoms with Crippen molar-refractivity contribution >= 4 is 0 Å². The molecule has 0 bridgehead atoms. The molecular weight excluding hydrogens is 222 g/mol. The third-order valence-corrected chi connectivity index (χ3v) is 3.32. The Morgan fingerprint density at radius 3 is 2.11 bits per heavy atom. The Morgan fingerprint density at radius 2 is 1.56 bits per heavy atom.